The first-order chi connectivity index (χ1) is 11.1. The minimum absolute atomic E-state index is 0.0754. The summed E-state index contributed by atoms with van der Waals surface area (Å²) < 4.78 is 6.93. The van der Waals surface area contributed by atoms with E-state index < -0.39 is 0 Å². The molecule has 3 rings (SSSR count). The molecule has 8 nitrogen and oxygen atoms in total. The summed E-state index contributed by atoms with van der Waals surface area (Å²) in [4.78, 5) is 23.2. The van der Waals surface area contributed by atoms with Crippen molar-refractivity contribution in [2.75, 3.05) is 13.1 Å². The molecule has 0 bridgehead atoms. The Morgan fingerprint density at radius 3 is 2.87 bits per heavy atom. The van der Waals surface area contributed by atoms with E-state index in [4.69, 9.17) is 4.52 Å². The van der Waals surface area contributed by atoms with Gasteiger partial charge in [-0.05, 0) is 25.7 Å². The van der Waals surface area contributed by atoms with Crippen molar-refractivity contribution in [1.82, 2.24) is 29.8 Å². The molecule has 3 heterocycles. The number of aromatic nitrogens is 5. The molecule has 1 amide bonds. The topological polar surface area (TPSA) is 89.9 Å². The van der Waals surface area contributed by atoms with E-state index in [9.17, 15) is 4.79 Å². The molecule has 1 saturated heterocycles. The van der Waals surface area contributed by atoms with E-state index in [2.05, 4.69) is 20.2 Å². The third-order valence-corrected chi connectivity index (χ3v) is 4.23. The molecule has 0 aliphatic carbocycles. The lowest BCUT2D eigenvalue weighted by Gasteiger charge is -2.34. The fourth-order valence-electron chi connectivity index (χ4n) is 3.11. The summed E-state index contributed by atoms with van der Waals surface area (Å²) in [6.45, 7) is 7.21. The molecule has 0 unspecified atom stereocenters. The van der Waals surface area contributed by atoms with Gasteiger partial charge in [0, 0.05) is 13.1 Å². The van der Waals surface area contributed by atoms with Crippen LogP contribution < -0.4 is 0 Å². The van der Waals surface area contributed by atoms with Gasteiger partial charge in [-0.15, -0.1) is 0 Å². The number of carbonyl (C=O) groups excluding carboxylic acids is 1. The number of rotatable bonds is 4. The molecule has 2 aromatic rings. The van der Waals surface area contributed by atoms with Crippen molar-refractivity contribution >= 4 is 5.91 Å². The molecule has 124 valence electrons. The highest BCUT2D eigenvalue weighted by molar-refractivity contribution is 5.80. The SMILES string of the molecule is Cc1noc([C@H]2CCCN(C(=O)[C@H](C(C)C)n3cncn3)C2)n1. The van der Waals surface area contributed by atoms with Crippen molar-refractivity contribution < 1.29 is 9.32 Å². The Morgan fingerprint density at radius 1 is 1.43 bits per heavy atom. The van der Waals surface area contributed by atoms with Crippen LogP contribution in [0.2, 0.25) is 0 Å². The molecule has 0 aromatic carbocycles. The van der Waals surface area contributed by atoms with E-state index in [1.165, 1.54) is 6.33 Å². The van der Waals surface area contributed by atoms with Gasteiger partial charge in [-0.1, -0.05) is 19.0 Å². The molecule has 0 saturated carbocycles. The van der Waals surface area contributed by atoms with Gasteiger partial charge in [-0.2, -0.15) is 10.1 Å². The predicted molar refractivity (Wildman–Crippen MR) is 81.5 cm³/mol. The molecule has 0 N–H and O–H groups in total. The first-order valence-corrected chi connectivity index (χ1v) is 7.99. The van der Waals surface area contributed by atoms with Crippen LogP contribution >= 0.6 is 0 Å². The van der Waals surface area contributed by atoms with Crippen molar-refractivity contribution in [3.05, 3.63) is 24.4 Å². The summed E-state index contributed by atoms with van der Waals surface area (Å²) in [5.74, 6) is 1.58. The number of nitrogens with zero attached hydrogens (tertiary/aromatic N) is 6. The smallest absolute Gasteiger partial charge is 0.247 e. The second-order valence-electron chi connectivity index (χ2n) is 6.37. The fraction of sp³-hybridized carbons (Fsp3) is 0.667. The highest BCUT2D eigenvalue weighted by Crippen LogP contribution is 2.28. The third kappa shape index (κ3) is 3.25. The van der Waals surface area contributed by atoms with Crippen LogP contribution in [-0.2, 0) is 4.79 Å². The van der Waals surface area contributed by atoms with Crippen LogP contribution in [0.1, 0.15) is 50.4 Å². The lowest BCUT2D eigenvalue weighted by Crippen LogP contribution is -2.44. The Balaban J connectivity index is 1.75. The number of aryl methyl sites for hydroxylation is 1. The minimum atomic E-state index is -0.333. The molecule has 23 heavy (non-hydrogen) atoms. The van der Waals surface area contributed by atoms with Crippen molar-refractivity contribution in [2.24, 2.45) is 5.92 Å². The average molecular weight is 318 g/mol. The molecule has 1 fully saturated rings. The first-order valence-electron chi connectivity index (χ1n) is 7.99. The number of hydrogen-bond acceptors (Lipinski definition) is 6. The number of hydrogen-bond donors (Lipinski definition) is 0. The highest BCUT2D eigenvalue weighted by atomic mass is 16.5. The Labute approximate surface area is 134 Å². The molecule has 1 aliphatic heterocycles. The zero-order valence-corrected chi connectivity index (χ0v) is 13.7. The summed E-state index contributed by atoms with van der Waals surface area (Å²) in [5.41, 5.74) is 0. The number of piperidine rings is 1. The lowest BCUT2D eigenvalue weighted by atomic mass is 9.95. The van der Waals surface area contributed by atoms with E-state index in [0.717, 1.165) is 19.4 Å². The maximum Gasteiger partial charge on any atom is 0.247 e. The second kappa shape index (κ2) is 6.47. The van der Waals surface area contributed by atoms with Crippen molar-refractivity contribution in [3.63, 3.8) is 0 Å². The molecule has 0 radical (unpaired) electrons. The van der Waals surface area contributed by atoms with Crippen molar-refractivity contribution in [1.29, 1.82) is 0 Å². The Hall–Kier alpha value is -2.25. The Morgan fingerprint density at radius 2 is 2.26 bits per heavy atom. The molecule has 2 atom stereocenters. The summed E-state index contributed by atoms with van der Waals surface area (Å²) in [7, 11) is 0. The largest absolute Gasteiger partial charge is 0.340 e. The average Bonchev–Trinajstić information content (AvgIpc) is 3.19. The molecular weight excluding hydrogens is 296 g/mol. The van der Waals surface area contributed by atoms with Crippen LogP contribution in [0.3, 0.4) is 0 Å². The van der Waals surface area contributed by atoms with Gasteiger partial charge in [0.2, 0.25) is 11.8 Å². The molecule has 0 spiro atoms. The fourth-order valence-corrected chi connectivity index (χ4v) is 3.11. The van der Waals surface area contributed by atoms with E-state index in [1.54, 1.807) is 17.9 Å². The van der Waals surface area contributed by atoms with Crippen LogP contribution in [0.5, 0.6) is 0 Å². The van der Waals surface area contributed by atoms with Gasteiger partial charge in [0.1, 0.15) is 18.7 Å². The number of likely N-dealkylation sites (tertiary alicyclic amines) is 1. The van der Waals surface area contributed by atoms with Crippen molar-refractivity contribution in [2.45, 2.75) is 45.6 Å². The number of carbonyl (C=O) groups is 1. The van der Waals surface area contributed by atoms with Gasteiger partial charge >= 0.3 is 0 Å². The van der Waals surface area contributed by atoms with Crippen LogP contribution in [0.4, 0.5) is 0 Å². The predicted octanol–water partition coefficient (Wildman–Crippen LogP) is 1.57. The zero-order chi connectivity index (χ0) is 16.4. The van der Waals surface area contributed by atoms with Crippen LogP contribution in [0, 0.1) is 12.8 Å². The minimum Gasteiger partial charge on any atom is -0.340 e. The molecule has 1 aliphatic rings. The van der Waals surface area contributed by atoms with Gasteiger partial charge < -0.3 is 9.42 Å². The third-order valence-electron chi connectivity index (χ3n) is 4.23. The van der Waals surface area contributed by atoms with E-state index in [-0.39, 0.29) is 23.8 Å². The quantitative estimate of drug-likeness (QED) is 0.850. The zero-order valence-electron chi connectivity index (χ0n) is 13.7. The summed E-state index contributed by atoms with van der Waals surface area (Å²) in [6.07, 6.45) is 4.95. The van der Waals surface area contributed by atoms with Gasteiger partial charge in [-0.25, -0.2) is 9.67 Å². The van der Waals surface area contributed by atoms with E-state index in [0.29, 0.717) is 18.3 Å². The maximum atomic E-state index is 13.0. The van der Waals surface area contributed by atoms with Crippen LogP contribution in [0.15, 0.2) is 17.2 Å². The van der Waals surface area contributed by atoms with Gasteiger partial charge in [0.15, 0.2) is 5.82 Å². The van der Waals surface area contributed by atoms with E-state index >= 15 is 0 Å². The Kier molecular flexibility index (Phi) is 4.40. The normalized spacial score (nSPS) is 20.0. The van der Waals surface area contributed by atoms with Gasteiger partial charge in [0.05, 0.1) is 5.92 Å². The van der Waals surface area contributed by atoms with Crippen LogP contribution in [0.25, 0.3) is 0 Å². The highest BCUT2D eigenvalue weighted by Gasteiger charge is 2.34. The van der Waals surface area contributed by atoms with E-state index in [1.807, 2.05) is 18.7 Å². The summed E-state index contributed by atoms with van der Waals surface area (Å²) in [6, 6.07) is -0.333. The maximum absolute atomic E-state index is 13.0. The summed E-state index contributed by atoms with van der Waals surface area (Å²) >= 11 is 0. The van der Waals surface area contributed by atoms with Gasteiger partial charge in [-0.3, -0.25) is 4.79 Å². The molecular formula is C15H22N6O2. The standard InChI is InChI=1S/C15H22N6O2/c1-10(2)13(21-9-16-8-17-21)15(22)20-6-4-5-12(7-20)14-18-11(3)19-23-14/h8-10,12-13H,4-7H2,1-3H3/t12-,13-/m0/s1. The Bertz CT molecular complexity index is 651. The van der Waals surface area contributed by atoms with Crippen LogP contribution in [-0.4, -0.2) is 48.8 Å². The summed E-state index contributed by atoms with van der Waals surface area (Å²) in [5, 5.41) is 8.01. The monoisotopic (exact) mass is 318 g/mol. The van der Waals surface area contributed by atoms with Crippen molar-refractivity contribution in [3.8, 4) is 0 Å². The van der Waals surface area contributed by atoms with Gasteiger partial charge in [0.25, 0.3) is 0 Å². The molecule has 2 aromatic heterocycles. The first kappa shape index (κ1) is 15.6. The lowest BCUT2D eigenvalue weighted by molar-refractivity contribution is -0.137. The molecule has 8 heteroatoms. The second-order valence-corrected chi connectivity index (χ2v) is 6.37. The number of amides is 1.